The predicted octanol–water partition coefficient (Wildman–Crippen LogP) is 3.48. The molecule has 2 fully saturated rings. The number of hydrogen-bond acceptors (Lipinski definition) is 0. The van der Waals surface area contributed by atoms with E-state index in [9.17, 15) is 0 Å². The van der Waals surface area contributed by atoms with Crippen LogP contribution in [0.5, 0.6) is 0 Å². The Morgan fingerprint density at radius 3 is 0.850 bits per heavy atom. The summed E-state index contributed by atoms with van der Waals surface area (Å²) >= 11 is 0. The minimum atomic E-state index is 0.929. The molecule has 0 aliphatic carbocycles. The summed E-state index contributed by atoms with van der Waals surface area (Å²) in [5.74, 6) is 3.72. The first-order chi connectivity index (χ1) is 8.99. The molecule has 0 bridgehead atoms. The average molecular weight is 285 g/mol. The minimum absolute atomic E-state index is 0.929. The third kappa shape index (κ3) is 6.58. The second-order valence-electron chi connectivity index (χ2n) is 9.49. The molecule has 2 aliphatic rings. The first kappa shape index (κ1) is 18.0. The number of quaternary nitrogens is 2. The van der Waals surface area contributed by atoms with E-state index in [2.05, 4.69) is 55.9 Å². The van der Waals surface area contributed by atoms with Crippen LogP contribution in [0.15, 0.2) is 0 Å². The molecule has 0 unspecified atom stereocenters. The molecule has 120 valence electrons. The monoisotopic (exact) mass is 284 g/mol. The van der Waals surface area contributed by atoms with Gasteiger partial charge in [0.2, 0.25) is 0 Å². The highest BCUT2D eigenvalue weighted by molar-refractivity contribution is 4.64. The lowest BCUT2D eigenvalue weighted by molar-refractivity contribution is -0.902. The van der Waals surface area contributed by atoms with E-state index in [-0.39, 0.29) is 0 Å². The van der Waals surface area contributed by atoms with Gasteiger partial charge in [-0.2, -0.15) is 0 Å². The molecular weight excluding hydrogens is 244 g/mol. The van der Waals surface area contributed by atoms with Crippen molar-refractivity contribution in [3.05, 3.63) is 0 Å². The van der Waals surface area contributed by atoms with Crippen LogP contribution in [0.4, 0.5) is 0 Å². The van der Waals surface area contributed by atoms with Crippen molar-refractivity contribution in [1.29, 1.82) is 0 Å². The molecule has 0 saturated carbocycles. The Bertz CT molecular complexity index is 242. The van der Waals surface area contributed by atoms with Crippen LogP contribution in [-0.4, -0.2) is 63.3 Å². The van der Waals surface area contributed by atoms with Crippen molar-refractivity contribution in [1.82, 2.24) is 0 Å². The highest BCUT2D eigenvalue weighted by Gasteiger charge is 2.29. The number of piperidine rings is 2. The van der Waals surface area contributed by atoms with Crippen molar-refractivity contribution in [3.8, 4) is 0 Å². The second-order valence-corrected chi connectivity index (χ2v) is 9.49. The van der Waals surface area contributed by atoms with Crippen molar-refractivity contribution < 1.29 is 8.97 Å². The number of rotatable bonds is 0. The largest absolute Gasteiger partial charge is 0.328 e. The quantitative estimate of drug-likeness (QED) is 0.598. The summed E-state index contributed by atoms with van der Waals surface area (Å²) < 4.78 is 2.45. The Hall–Kier alpha value is -0.0800. The van der Waals surface area contributed by atoms with Gasteiger partial charge in [0.05, 0.1) is 54.4 Å². The van der Waals surface area contributed by atoms with Crippen molar-refractivity contribution in [2.75, 3.05) is 54.4 Å². The van der Waals surface area contributed by atoms with E-state index >= 15 is 0 Å². The SMILES string of the molecule is C[C@@H]1C[C@@H](C)C[N+](C)(C)C1.C[C@@H]1C[C@H](C)C[N+](C)(C)C1. The normalized spacial score (nSPS) is 39.6. The second kappa shape index (κ2) is 6.79. The Morgan fingerprint density at radius 1 is 0.500 bits per heavy atom. The highest BCUT2D eigenvalue weighted by Crippen LogP contribution is 2.24. The molecule has 0 amide bonds. The number of nitrogens with zero attached hydrogens (tertiary/aromatic N) is 2. The van der Waals surface area contributed by atoms with Crippen molar-refractivity contribution in [2.24, 2.45) is 23.7 Å². The summed E-state index contributed by atoms with van der Waals surface area (Å²) in [6.45, 7) is 14.9. The van der Waals surface area contributed by atoms with E-state index in [1.54, 1.807) is 0 Å². The summed E-state index contributed by atoms with van der Waals surface area (Å²) in [5, 5.41) is 0. The van der Waals surface area contributed by atoms with Crippen molar-refractivity contribution >= 4 is 0 Å². The average Bonchev–Trinajstić information content (AvgIpc) is 2.08. The molecular formula is C18H40N2+2. The lowest BCUT2D eigenvalue weighted by Crippen LogP contribution is -2.49. The smallest absolute Gasteiger partial charge is 0.0808 e. The first-order valence-corrected chi connectivity index (χ1v) is 8.63. The molecule has 0 N–H and O–H groups in total. The predicted molar refractivity (Wildman–Crippen MR) is 89.6 cm³/mol. The molecule has 0 aromatic rings. The Kier molecular flexibility index (Phi) is 6.10. The zero-order valence-electron chi connectivity index (χ0n) is 15.4. The van der Waals surface area contributed by atoms with Gasteiger partial charge >= 0.3 is 0 Å². The van der Waals surface area contributed by atoms with Crippen LogP contribution >= 0.6 is 0 Å². The Balaban J connectivity index is 0.000000200. The fourth-order valence-corrected chi connectivity index (χ4v) is 5.20. The van der Waals surface area contributed by atoms with E-state index < -0.39 is 0 Å². The van der Waals surface area contributed by atoms with Gasteiger partial charge in [0.25, 0.3) is 0 Å². The van der Waals surface area contributed by atoms with Gasteiger partial charge in [-0.05, 0) is 12.8 Å². The summed E-state index contributed by atoms with van der Waals surface area (Å²) in [7, 11) is 9.36. The van der Waals surface area contributed by atoms with Crippen molar-refractivity contribution in [2.45, 2.75) is 40.5 Å². The van der Waals surface area contributed by atoms with Crippen LogP contribution in [-0.2, 0) is 0 Å². The number of likely N-dealkylation sites (tertiary alicyclic amines) is 2. The van der Waals surface area contributed by atoms with Crippen LogP contribution in [0.1, 0.15) is 40.5 Å². The molecule has 4 atom stereocenters. The molecule has 0 radical (unpaired) electrons. The van der Waals surface area contributed by atoms with Crippen LogP contribution in [0.2, 0.25) is 0 Å². The van der Waals surface area contributed by atoms with E-state index in [4.69, 9.17) is 0 Å². The van der Waals surface area contributed by atoms with E-state index in [0.717, 1.165) is 23.7 Å². The van der Waals surface area contributed by atoms with Gasteiger partial charge in [-0.25, -0.2) is 0 Å². The highest BCUT2D eigenvalue weighted by atomic mass is 15.3. The third-order valence-electron chi connectivity index (χ3n) is 4.83. The van der Waals surface area contributed by atoms with E-state index in [0.29, 0.717) is 0 Å². The molecule has 2 saturated heterocycles. The minimum Gasteiger partial charge on any atom is -0.328 e. The molecule has 2 heteroatoms. The zero-order chi connectivity index (χ0) is 15.6. The summed E-state index contributed by atoms with van der Waals surface area (Å²) in [4.78, 5) is 0. The molecule has 0 spiro atoms. The van der Waals surface area contributed by atoms with Crippen molar-refractivity contribution in [3.63, 3.8) is 0 Å². The molecule has 20 heavy (non-hydrogen) atoms. The Morgan fingerprint density at radius 2 is 0.700 bits per heavy atom. The standard InChI is InChI=1S/2C9H20N/c2*1-8-5-9(2)7-10(3,4)6-8/h2*8-9H,5-7H2,1-4H3/q2*+1/t8-,9+;8-,9-/m.1/s1. The van der Waals surface area contributed by atoms with Gasteiger partial charge in [0, 0.05) is 23.7 Å². The third-order valence-corrected chi connectivity index (χ3v) is 4.83. The van der Waals surface area contributed by atoms with Gasteiger partial charge < -0.3 is 8.97 Å². The number of hydrogen-bond donors (Lipinski definition) is 0. The van der Waals surface area contributed by atoms with Gasteiger partial charge in [-0.1, -0.05) is 27.7 Å². The maximum absolute atomic E-state index is 2.37. The first-order valence-electron chi connectivity index (χ1n) is 8.63. The molecule has 0 aromatic carbocycles. The molecule has 2 heterocycles. The summed E-state index contributed by atoms with van der Waals surface area (Å²) in [6.07, 6.45) is 2.86. The fraction of sp³-hybridized carbons (Fsp3) is 1.00. The topological polar surface area (TPSA) is 0 Å². The van der Waals surface area contributed by atoms with Crippen LogP contribution in [0.25, 0.3) is 0 Å². The van der Waals surface area contributed by atoms with Gasteiger partial charge in [0.15, 0.2) is 0 Å². The van der Waals surface area contributed by atoms with Crippen LogP contribution < -0.4 is 0 Å². The molecule has 0 aromatic heterocycles. The lowest BCUT2D eigenvalue weighted by Gasteiger charge is -2.40. The summed E-state index contributed by atoms with van der Waals surface area (Å²) in [6, 6.07) is 0. The van der Waals surface area contributed by atoms with E-state index in [1.165, 1.54) is 48.0 Å². The van der Waals surface area contributed by atoms with Gasteiger partial charge in [-0.15, -0.1) is 0 Å². The maximum atomic E-state index is 2.37. The maximum Gasteiger partial charge on any atom is 0.0808 e. The van der Waals surface area contributed by atoms with E-state index in [1.807, 2.05) is 0 Å². The fourth-order valence-electron chi connectivity index (χ4n) is 5.20. The lowest BCUT2D eigenvalue weighted by atomic mass is 9.91. The van der Waals surface area contributed by atoms with Crippen LogP contribution in [0.3, 0.4) is 0 Å². The zero-order valence-corrected chi connectivity index (χ0v) is 15.4. The van der Waals surface area contributed by atoms with Gasteiger partial charge in [-0.3, -0.25) is 0 Å². The summed E-state index contributed by atoms with van der Waals surface area (Å²) in [5.41, 5.74) is 0. The molecule has 2 rings (SSSR count). The molecule has 2 aliphatic heterocycles. The van der Waals surface area contributed by atoms with Gasteiger partial charge in [0.1, 0.15) is 0 Å². The Labute approximate surface area is 128 Å². The molecule has 2 nitrogen and oxygen atoms in total. The van der Waals surface area contributed by atoms with Crippen LogP contribution in [0, 0.1) is 23.7 Å².